The molecule has 1 aromatic heterocycles. The Bertz CT molecular complexity index is 263. The third-order valence-electron chi connectivity index (χ3n) is 2.04. The van der Waals surface area contributed by atoms with Gasteiger partial charge in [-0.25, -0.2) is 0 Å². The molecule has 0 aromatic carbocycles. The highest BCUT2D eigenvalue weighted by Gasteiger charge is 2.27. The topological polar surface area (TPSA) is 45.8 Å². The van der Waals surface area contributed by atoms with E-state index in [1.807, 2.05) is 0 Å². The lowest BCUT2D eigenvalue weighted by atomic mass is 10.1. The third-order valence-corrected chi connectivity index (χ3v) is 2.04. The molecule has 1 N–H and O–H groups in total. The predicted molar refractivity (Wildman–Crippen MR) is 40.3 cm³/mol. The zero-order valence-corrected chi connectivity index (χ0v) is 6.21. The van der Waals surface area contributed by atoms with E-state index < -0.39 is 0 Å². The van der Waals surface area contributed by atoms with E-state index in [4.69, 9.17) is 0 Å². The van der Waals surface area contributed by atoms with Gasteiger partial charge in [0.05, 0.1) is 6.20 Å². The highest BCUT2D eigenvalue weighted by molar-refractivity contribution is 5.55. The number of rotatable bonds is 3. The highest BCUT2D eigenvalue weighted by atomic mass is 16.1. The van der Waals surface area contributed by atoms with E-state index in [1.165, 1.54) is 18.5 Å². The third kappa shape index (κ3) is 1.18. The minimum atomic E-state index is 0.502. The number of carbonyl (C=O) groups excluding carboxylic acids is 1. The fourth-order valence-electron chi connectivity index (χ4n) is 1.30. The molecule has 0 unspecified atom stereocenters. The molecule has 1 fully saturated rings. The van der Waals surface area contributed by atoms with E-state index in [9.17, 15) is 4.79 Å². The molecule has 0 radical (unpaired) electrons. The van der Waals surface area contributed by atoms with Gasteiger partial charge in [-0.1, -0.05) is 0 Å². The Morgan fingerprint density at radius 3 is 3.18 bits per heavy atom. The Kier molecular flexibility index (Phi) is 1.49. The molecule has 11 heavy (non-hydrogen) atoms. The Hall–Kier alpha value is -1.12. The fraction of sp³-hybridized carbons (Fsp3) is 0.500. The van der Waals surface area contributed by atoms with Crippen LogP contribution in [0.3, 0.4) is 0 Å². The van der Waals surface area contributed by atoms with E-state index in [0.29, 0.717) is 12.3 Å². The molecular weight excluding hydrogens is 140 g/mol. The molecule has 1 aliphatic rings. The van der Waals surface area contributed by atoms with E-state index in [-0.39, 0.29) is 0 Å². The van der Waals surface area contributed by atoms with Crippen LogP contribution in [0.4, 0.5) is 0 Å². The van der Waals surface area contributed by atoms with Crippen molar-refractivity contribution < 1.29 is 4.79 Å². The number of hydrogen-bond donors (Lipinski definition) is 1. The standard InChI is InChI=1S/C8H10N2O/c11-4-3-7-5-9-10-8(7)6-1-2-6/h4-6H,1-3H2,(H,9,10). The Morgan fingerprint density at radius 2 is 2.55 bits per heavy atom. The zero-order valence-electron chi connectivity index (χ0n) is 6.21. The van der Waals surface area contributed by atoms with Crippen LogP contribution < -0.4 is 0 Å². The molecule has 1 heterocycles. The lowest BCUT2D eigenvalue weighted by Crippen LogP contribution is -1.89. The van der Waals surface area contributed by atoms with Crippen molar-refractivity contribution in [2.45, 2.75) is 25.2 Å². The molecule has 3 nitrogen and oxygen atoms in total. The molecule has 1 aromatic rings. The maximum Gasteiger partial charge on any atom is 0.124 e. The number of nitrogens with one attached hydrogen (secondary N) is 1. The second kappa shape index (κ2) is 2.49. The first-order chi connectivity index (χ1) is 5.42. The SMILES string of the molecule is O=CCc1cn[nH]c1C1CC1. The summed E-state index contributed by atoms with van der Waals surface area (Å²) in [5.74, 6) is 0.660. The van der Waals surface area contributed by atoms with Crippen molar-refractivity contribution in [2.24, 2.45) is 0 Å². The monoisotopic (exact) mass is 150 g/mol. The molecule has 0 bridgehead atoms. The summed E-state index contributed by atoms with van der Waals surface area (Å²) in [7, 11) is 0. The maximum atomic E-state index is 10.2. The van der Waals surface area contributed by atoms with Crippen LogP contribution in [-0.4, -0.2) is 16.5 Å². The Morgan fingerprint density at radius 1 is 1.73 bits per heavy atom. The fourth-order valence-corrected chi connectivity index (χ4v) is 1.30. The molecule has 1 aliphatic carbocycles. The van der Waals surface area contributed by atoms with Gasteiger partial charge >= 0.3 is 0 Å². The van der Waals surface area contributed by atoms with Crippen molar-refractivity contribution in [3.63, 3.8) is 0 Å². The summed E-state index contributed by atoms with van der Waals surface area (Å²) >= 11 is 0. The first-order valence-corrected chi connectivity index (χ1v) is 3.87. The van der Waals surface area contributed by atoms with Crippen molar-refractivity contribution >= 4 is 6.29 Å². The molecule has 2 rings (SSSR count). The lowest BCUT2D eigenvalue weighted by molar-refractivity contribution is -0.107. The quantitative estimate of drug-likeness (QED) is 0.654. The minimum Gasteiger partial charge on any atom is -0.303 e. The largest absolute Gasteiger partial charge is 0.303 e. The first kappa shape index (κ1) is 6.58. The van der Waals surface area contributed by atoms with Gasteiger partial charge < -0.3 is 4.79 Å². The van der Waals surface area contributed by atoms with Crippen molar-refractivity contribution in [2.75, 3.05) is 0 Å². The van der Waals surface area contributed by atoms with Gasteiger partial charge in [0.25, 0.3) is 0 Å². The van der Waals surface area contributed by atoms with Crippen molar-refractivity contribution in [3.8, 4) is 0 Å². The van der Waals surface area contributed by atoms with Gasteiger partial charge in [0.15, 0.2) is 0 Å². The van der Waals surface area contributed by atoms with Gasteiger partial charge in [0.2, 0.25) is 0 Å². The smallest absolute Gasteiger partial charge is 0.124 e. The molecule has 0 saturated heterocycles. The van der Waals surface area contributed by atoms with Crippen LogP contribution in [0.25, 0.3) is 0 Å². The summed E-state index contributed by atoms with van der Waals surface area (Å²) < 4.78 is 0. The summed E-state index contributed by atoms with van der Waals surface area (Å²) in [4.78, 5) is 10.2. The average Bonchev–Trinajstić information content (AvgIpc) is 2.75. The molecule has 3 heteroatoms. The molecule has 58 valence electrons. The van der Waals surface area contributed by atoms with Gasteiger partial charge in [0, 0.05) is 23.6 Å². The van der Waals surface area contributed by atoms with Gasteiger partial charge in [-0.15, -0.1) is 0 Å². The number of carbonyl (C=O) groups is 1. The predicted octanol–water partition coefficient (Wildman–Crippen LogP) is 1.03. The van der Waals surface area contributed by atoms with Crippen molar-refractivity contribution in [1.29, 1.82) is 0 Å². The zero-order chi connectivity index (χ0) is 7.68. The lowest BCUT2D eigenvalue weighted by Gasteiger charge is -1.93. The van der Waals surface area contributed by atoms with Gasteiger partial charge in [-0.2, -0.15) is 5.10 Å². The summed E-state index contributed by atoms with van der Waals surface area (Å²) in [5.41, 5.74) is 2.25. The minimum absolute atomic E-state index is 0.502. The van der Waals surface area contributed by atoms with Crippen LogP contribution in [0.5, 0.6) is 0 Å². The second-order valence-corrected chi connectivity index (χ2v) is 2.95. The van der Waals surface area contributed by atoms with E-state index in [0.717, 1.165) is 11.8 Å². The molecular formula is C8H10N2O. The van der Waals surface area contributed by atoms with Gasteiger partial charge in [0.1, 0.15) is 6.29 Å². The molecule has 1 saturated carbocycles. The average molecular weight is 150 g/mol. The molecule has 0 atom stereocenters. The normalized spacial score (nSPS) is 16.7. The van der Waals surface area contributed by atoms with E-state index in [2.05, 4.69) is 10.2 Å². The summed E-state index contributed by atoms with van der Waals surface area (Å²) in [6, 6.07) is 0. The first-order valence-electron chi connectivity index (χ1n) is 3.87. The molecule has 0 spiro atoms. The number of H-pyrrole nitrogens is 1. The number of hydrogen-bond acceptors (Lipinski definition) is 2. The summed E-state index contributed by atoms with van der Waals surface area (Å²) in [5, 5.41) is 6.86. The van der Waals surface area contributed by atoms with Crippen molar-refractivity contribution in [1.82, 2.24) is 10.2 Å². The number of nitrogens with zero attached hydrogens (tertiary/aromatic N) is 1. The van der Waals surface area contributed by atoms with Crippen molar-refractivity contribution in [3.05, 3.63) is 17.5 Å². The summed E-state index contributed by atoms with van der Waals surface area (Å²) in [6.07, 6.45) is 5.67. The van der Waals surface area contributed by atoms with Crippen LogP contribution in [0.1, 0.15) is 30.0 Å². The second-order valence-electron chi connectivity index (χ2n) is 2.95. The van der Waals surface area contributed by atoms with Crippen LogP contribution in [0, 0.1) is 0 Å². The van der Waals surface area contributed by atoms with Crippen LogP contribution in [0.2, 0.25) is 0 Å². The maximum absolute atomic E-state index is 10.2. The number of aromatic amines is 1. The van der Waals surface area contributed by atoms with Crippen LogP contribution in [-0.2, 0) is 11.2 Å². The molecule has 0 aliphatic heterocycles. The van der Waals surface area contributed by atoms with E-state index in [1.54, 1.807) is 6.20 Å². The highest BCUT2D eigenvalue weighted by Crippen LogP contribution is 2.40. The van der Waals surface area contributed by atoms with Gasteiger partial charge in [-0.05, 0) is 12.8 Å². The van der Waals surface area contributed by atoms with E-state index >= 15 is 0 Å². The Balaban J connectivity index is 2.22. The number of aromatic nitrogens is 2. The van der Waals surface area contributed by atoms with Crippen LogP contribution >= 0.6 is 0 Å². The molecule has 0 amide bonds. The Labute approximate surface area is 64.8 Å². The summed E-state index contributed by atoms with van der Waals surface area (Å²) in [6.45, 7) is 0. The van der Waals surface area contributed by atoms with Crippen LogP contribution in [0.15, 0.2) is 6.20 Å². The van der Waals surface area contributed by atoms with Gasteiger partial charge in [-0.3, -0.25) is 5.10 Å². The number of aldehydes is 1.